The average Bonchev–Trinajstić information content (AvgIpc) is 3.17. The van der Waals surface area contributed by atoms with Crippen LogP contribution in [0.15, 0.2) is 42.5 Å². The molecule has 8 nitrogen and oxygen atoms in total. The van der Waals surface area contributed by atoms with E-state index in [1.165, 1.54) is 35.6 Å². The molecule has 0 bridgehead atoms. The predicted molar refractivity (Wildman–Crippen MR) is 123 cm³/mol. The molecule has 2 aromatic carbocycles. The maximum Gasteiger partial charge on any atom is 0.319 e. The van der Waals surface area contributed by atoms with Gasteiger partial charge in [0.15, 0.2) is 5.13 Å². The zero-order valence-electron chi connectivity index (χ0n) is 17.6. The Morgan fingerprint density at radius 2 is 1.91 bits per heavy atom. The molecule has 0 spiro atoms. The number of benzene rings is 2. The molecule has 0 aliphatic carbocycles. The number of hydrogen-bond donors (Lipinski definition) is 3. The van der Waals surface area contributed by atoms with E-state index in [1.54, 1.807) is 7.11 Å². The second-order valence-corrected chi connectivity index (χ2v) is 8.59. The van der Waals surface area contributed by atoms with Gasteiger partial charge in [0.2, 0.25) is 5.91 Å². The normalized spacial score (nSPS) is 14.8. The monoisotopic (exact) mass is 457 g/mol. The van der Waals surface area contributed by atoms with E-state index < -0.39 is 0 Å². The van der Waals surface area contributed by atoms with Crippen molar-refractivity contribution in [3.05, 3.63) is 48.3 Å². The summed E-state index contributed by atoms with van der Waals surface area (Å²) in [4.78, 5) is 31.1. The van der Waals surface area contributed by atoms with E-state index in [1.807, 2.05) is 18.2 Å². The number of likely N-dealkylation sites (tertiary alicyclic amines) is 1. The quantitative estimate of drug-likeness (QED) is 0.525. The van der Waals surface area contributed by atoms with Crippen molar-refractivity contribution in [3.8, 4) is 5.75 Å². The van der Waals surface area contributed by atoms with Crippen LogP contribution in [0.2, 0.25) is 0 Å². The van der Waals surface area contributed by atoms with E-state index >= 15 is 0 Å². The van der Waals surface area contributed by atoms with Crippen LogP contribution in [0.1, 0.15) is 12.8 Å². The van der Waals surface area contributed by atoms with Crippen LogP contribution in [-0.2, 0) is 4.79 Å². The fourth-order valence-corrected chi connectivity index (χ4v) is 4.48. The Balaban J connectivity index is 1.21. The molecule has 1 aliphatic heterocycles. The zero-order chi connectivity index (χ0) is 22.5. The number of halogens is 1. The summed E-state index contributed by atoms with van der Waals surface area (Å²) in [5.41, 5.74) is 1.35. The Morgan fingerprint density at radius 1 is 1.16 bits per heavy atom. The predicted octanol–water partition coefficient (Wildman–Crippen LogP) is 3.67. The smallest absolute Gasteiger partial charge is 0.319 e. The first-order chi connectivity index (χ1) is 15.5. The number of nitrogens with one attached hydrogen (secondary N) is 3. The Kier molecular flexibility index (Phi) is 6.81. The highest BCUT2D eigenvalue weighted by Crippen LogP contribution is 2.29. The number of amides is 3. The van der Waals surface area contributed by atoms with Gasteiger partial charge in [-0.15, -0.1) is 0 Å². The van der Waals surface area contributed by atoms with Crippen LogP contribution in [0.25, 0.3) is 10.2 Å². The summed E-state index contributed by atoms with van der Waals surface area (Å²) in [5, 5.41) is 9.06. The highest BCUT2D eigenvalue weighted by atomic mass is 32.1. The van der Waals surface area contributed by atoms with Crippen molar-refractivity contribution < 1.29 is 18.7 Å². The van der Waals surface area contributed by atoms with E-state index in [2.05, 4.69) is 25.8 Å². The maximum absolute atomic E-state index is 13.0. The summed E-state index contributed by atoms with van der Waals surface area (Å²) >= 11 is 1.41. The molecule has 0 atom stereocenters. The molecule has 1 aliphatic rings. The lowest BCUT2D eigenvalue weighted by atomic mass is 10.1. The highest BCUT2D eigenvalue weighted by Gasteiger charge is 2.22. The van der Waals surface area contributed by atoms with E-state index in [4.69, 9.17) is 4.74 Å². The van der Waals surface area contributed by atoms with Gasteiger partial charge in [-0.1, -0.05) is 11.3 Å². The topological polar surface area (TPSA) is 95.6 Å². The number of rotatable bonds is 6. The van der Waals surface area contributed by atoms with Crippen LogP contribution in [-0.4, -0.2) is 54.6 Å². The minimum atomic E-state index is -0.351. The minimum absolute atomic E-state index is 0.0222. The summed E-state index contributed by atoms with van der Waals surface area (Å²) in [6, 6.07) is 10.9. The van der Waals surface area contributed by atoms with Crippen molar-refractivity contribution in [2.24, 2.45) is 0 Å². The molecule has 2 heterocycles. The SMILES string of the molecule is COc1ccc2nc(NC(=O)CN3CCC(NC(=O)Nc4ccc(F)cc4)CC3)sc2c1. The Bertz CT molecular complexity index is 1100. The van der Waals surface area contributed by atoms with Crippen LogP contribution < -0.4 is 20.7 Å². The fourth-order valence-electron chi connectivity index (χ4n) is 3.57. The summed E-state index contributed by atoms with van der Waals surface area (Å²) in [5.74, 6) is 0.286. The number of thiazole rings is 1. The molecule has 1 fully saturated rings. The van der Waals surface area contributed by atoms with Crippen LogP contribution >= 0.6 is 11.3 Å². The zero-order valence-corrected chi connectivity index (χ0v) is 18.4. The van der Waals surface area contributed by atoms with Crippen molar-refractivity contribution in [3.63, 3.8) is 0 Å². The molecule has 4 rings (SSSR count). The van der Waals surface area contributed by atoms with E-state index in [0.717, 1.165) is 28.8 Å². The molecule has 0 unspecified atom stereocenters. The summed E-state index contributed by atoms with van der Waals surface area (Å²) in [6.45, 7) is 1.67. The number of anilines is 2. The lowest BCUT2D eigenvalue weighted by molar-refractivity contribution is -0.117. The lowest BCUT2D eigenvalue weighted by Gasteiger charge is -2.31. The van der Waals surface area contributed by atoms with Crippen molar-refractivity contribution in [2.45, 2.75) is 18.9 Å². The molecule has 1 saturated heterocycles. The van der Waals surface area contributed by atoms with Gasteiger partial charge < -0.3 is 20.7 Å². The molecule has 32 heavy (non-hydrogen) atoms. The van der Waals surface area contributed by atoms with Gasteiger partial charge in [-0.25, -0.2) is 14.2 Å². The molecule has 168 valence electrons. The van der Waals surface area contributed by atoms with E-state index in [9.17, 15) is 14.0 Å². The van der Waals surface area contributed by atoms with E-state index in [0.29, 0.717) is 23.9 Å². The number of methoxy groups -OCH3 is 1. The maximum atomic E-state index is 13.0. The van der Waals surface area contributed by atoms with Gasteiger partial charge in [0, 0.05) is 24.8 Å². The number of carbonyl (C=O) groups excluding carboxylic acids is 2. The van der Waals surface area contributed by atoms with Crippen molar-refractivity contribution in [1.82, 2.24) is 15.2 Å². The second kappa shape index (κ2) is 9.92. The largest absolute Gasteiger partial charge is 0.497 e. The summed E-state index contributed by atoms with van der Waals surface area (Å²) < 4.78 is 19.1. The number of hydrogen-bond acceptors (Lipinski definition) is 6. The van der Waals surface area contributed by atoms with Crippen molar-refractivity contribution in [1.29, 1.82) is 0 Å². The molecular weight excluding hydrogens is 433 g/mol. The molecule has 10 heteroatoms. The number of fused-ring (bicyclic) bond motifs is 1. The van der Waals surface area contributed by atoms with Crippen LogP contribution in [0.4, 0.5) is 20.0 Å². The standard InChI is InChI=1S/C22H24FN5O3S/c1-31-17-6-7-18-19(12-17)32-22(26-18)27-20(29)13-28-10-8-16(9-11-28)25-21(30)24-15-4-2-14(23)3-5-15/h2-7,12,16H,8-11,13H2,1H3,(H2,24,25,30)(H,26,27,29). The fraction of sp³-hybridized carbons (Fsp3) is 0.318. The van der Waals surface area contributed by atoms with Gasteiger partial charge in [-0.05, 0) is 55.3 Å². The highest BCUT2D eigenvalue weighted by molar-refractivity contribution is 7.22. The third-order valence-electron chi connectivity index (χ3n) is 5.23. The number of aromatic nitrogens is 1. The van der Waals surface area contributed by atoms with Gasteiger partial charge >= 0.3 is 6.03 Å². The second-order valence-electron chi connectivity index (χ2n) is 7.56. The Hall–Kier alpha value is -3.24. The third-order valence-corrected chi connectivity index (χ3v) is 6.17. The molecule has 0 radical (unpaired) electrons. The van der Waals surface area contributed by atoms with E-state index in [-0.39, 0.29) is 30.3 Å². The van der Waals surface area contributed by atoms with Gasteiger partial charge in [0.05, 0.1) is 23.9 Å². The number of piperidine rings is 1. The van der Waals surface area contributed by atoms with Gasteiger partial charge in [0.1, 0.15) is 11.6 Å². The summed E-state index contributed by atoms with van der Waals surface area (Å²) in [7, 11) is 1.61. The van der Waals surface area contributed by atoms with Crippen molar-refractivity contribution in [2.75, 3.05) is 37.4 Å². The van der Waals surface area contributed by atoms with Gasteiger partial charge in [-0.2, -0.15) is 0 Å². The molecular formula is C22H24FN5O3S. The number of nitrogens with zero attached hydrogens (tertiary/aromatic N) is 2. The first-order valence-corrected chi connectivity index (χ1v) is 11.1. The average molecular weight is 458 g/mol. The molecule has 3 N–H and O–H groups in total. The van der Waals surface area contributed by atoms with Gasteiger partial charge in [-0.3, -0.25) is 9.69 Å². The first-order valence-electron chi connectivity index (χ1n) is 10.3. The van der Waals surface area contributed by atoms with Crippen molar-refractivity contribution >= 4 is 44.3 Å². The van der Waals surface area contributed by atoms with Crippen LogP contribution in [0.3, 0.4) is 0 Å². The molecule has 3 amide bonds. The summed E-state index contributed by atoms with van der Waals surface area (Å²) in [6.07, 6.45) is 1.48. The number of ether oxygens (including phenoxy) is 1. The minimum Gasteiger partial charge on any atom is -0.497 e. The van der Waals surface area contributed by atoms with Crippen LogP contribution in [0, 0.1) is 5.82 Å². The lowest BCUT2D eigenvalue weighted by Crippen LogP contribution is -2.47. The first kappa shape index (κ1) is 22.0. The molecule has 3 aromatic rings. The Labute approximate surface area is 188 Å². The number of carbonyl (C=O) groups is 2. The molecule has 1 aromatic heterocycles. The molecule has 0 saturated carbocycles. The van der Waals surface area contributed by atoms with Gasteiger partial charge in [0.25, 0.3) is 0 Å². The van der Waals surface area contributed by atoms with Crippen LogP contribution in [0.5, 0.6) is 5.75 Å². The third kappa shape index (κ3) is 5.71. The number of urea groups is 1. The Morgan fingerprint density at radius 3 is 2.62 bits per heavy atom.